The van der Waals surface area contributed by atoms with Crippen molar-refractivity contribution >= 4 is 17.8 Å². The Hall–Kier alpha value is -2.31. The number of aliphatic carboxylic acids is 1. The fourth-order valence-electron chi connectivity index (χ4n) is 1.46. The number of carbonyl (C=O) groups is 3. The summed E-state index contributed by atoms with van der Waals surface area (Å²) in [7, 11) is 0. The van der Waals surface area contributed by atoms with E-state index in [1.807, 2.05) is 0 Å². The van der Waals surface area contributed by atoms with Crippen LogP contribution in [0, 0.1) is 0 Å². The Labute approximate surface area is 110 Å². The number of nitrogens with one attached hydrogen (secondary N) is 1. The first kappa shape index (κ1) is 14.7. The van der Waals surface area contributed by atoms with Gasteiger partial charge in [0.1, 0.15) is 6.54 Å². The van der Waals surface area contributed by atoms with Gasteiger partial charge in [-0.15, -0.1) is 0 Å². The summed E-state index contributed by atoms with van der Waals surface area (Å²) in [6, 6.07) is 2.77. The lowest BCUT2D eigenvalue weighted by Crippen LogP contribution is -2.45. The van der Waals surface area contributed by atoms with Gasteiger partial charge in [0.15, 0.2) is 5.76 Å². The largest absolute Gasteiger partial charge is 0.480 e. The molecular formula is C12H16N2O5. The average Bonchev–Trinajstić information content (AvgIpc) is 2.85. The second-order valence-corrected chi connectivity index (χ2v) is 4.17. The quantitative estimate of drug-likeness (QED) is 0.774. The number of amides is 2. The lowest BCUT2D eigenvalue weighted by molar-refractivity contribution is -0.145. The fourth-order valence-corrected chi connectivity index (χ4v) is 1.46. The van der Waals surface area contributed by atoms with E-state index in [0.717, 1.165) is 0 Å². The minimum absolute atomic E-state index is 0.0992. The maximum atomic E-state index is 11.8. The minimum atomic E-state index is -1.10. The van der Waals surface area contributed by atoms with Crippen LogP contribution in [-0.4, -0.2) is 46.9 Å². The predicted octanol–water partition coefficient (Wildman–Crippen LogP) is 0.331. The lowest BCUT2D eigenvalue weighted by atomic mass is 10.3. The third-order valence-corrected chi connectivity index (χ3v) is 2.39. The molecule has 7 nitrogen and oxygen atoms in total. The van der Waals surface area contributed by atoms with E-state index in [4.69, 9.17) is 9.52 Å². The van der Waals surface area contributed by atoms with E-state index in [2.05, 4.69) is 5.32 Å². The molecule has 2 N–H and O–H groups in total. The van der Waals surface area contributed by atoms with E-state index in [1.165, 1.54) is 17.2 Å². The van der Waals surface area contributed by atoms with Crippen LogP contribution < -0.4 is 5.32 Å². The molecule has 0 bridgehead atoms. The van der Waals surface area contributed by atoms with Gasteiger partial charge in [0, 0.05) is 6.04 Å². The number of hydrogen-bond acceptors (Lipinski definition) is 4. The van der Waals surface area contributed by atoms with Crippen LogP contribution in [0.15, 0.2) is 22.8 Å². The highest BCUT2D eigenvalue weighted by molar-refractivity contribution is 5.94. The summed E-state index contributed by atoms with van der Waals surface area (Å²) in [5.74, 6) is -1.98. The number of carboxylic acids is 1. The van der Waals surface area contributed by atoms with Gasteiger partial charge in [-0.3, -0.25) is 14.4 Å². The SMILES string of the molecule is CC(C)N(CC(=O)O)C(=O)CNC(=O)c1ccco1. The molecule has 0 aliphatic carbocycles. The molecule has 0 saturated carbocycles. The van der Waals surface area contributed by atoms with Crippen LogP contribution in [0.3, 0.4) is 0 Å². The van der Waals surface area contributed by atoms with Gasteiger partial charge >= 0.3 is 5.97 Å². The molecule has 19 heavy (non-hydrogen) atoms. The first-order chi connectivity index (χ1) is 8.91. The molecule has 0 radical (unpaired) electrons. The molecule has 0 aliphatic heterocycles. The Morgan fingerprint density at radius 2 is 2.11 bits per heavy atom. The monoisotopic (exact) mass is 268 g/mol. The number of rotatable bonds is 6. The van der Waals surface area contributed by atoms with Crippen LogP contribution in [0.5, 0.6) is 0 Å². The predicted molar refractivity (Wildman–Crippen MR) is 65.5 cm³/mol. The molecule has 0 spiro atoms. The third-order valence-electron chi connectivity index (χ3n) is 2.39. The zero-order valence-electron chi connectivity index (χ0n) is 10.8. The number of hydrogen-bond donors (Lipinski definition) is 2. The summed E-state index contributed by atoms with van der Waals surface area (Å²) < 4.78 is 4.87. The average molecular weight is 268 g/mol. The van der Waals surface area contributed by atoms with Crippen molar-refractivity contribution in [3.63, 3.8) is 0 Å². The Bertz CT molecular complexity index is 453. The van der Waals surface area contributed by atoms with Gasteiger partial charge in [-0.05, 0) is 26.0 Å². The molecule has 1 aromatic heterocycles. The van der Waals surface area contributed by atoms with Crippen LogP contribution in [0.4, 0.5) is 0 Å². The molecule has 0 saturated heterocycles. The smallest absolute Gasteiger partial charge is 0.323 e. The molecule has 0 unspecified atom stereocenters. The second-order valence-electron chi connectivity index (χ2n) is 4.17. The van der Waals surface area contributed by atoms with E-state index in [0.29, 0.717) is 0 Å². The Morgan fingerprint density at radius 3 is 2.58 bits per heavy atom. The highest BCUT2D eigenvalue weighted by Gasteiger charge is 2.20. The summed E-state index contributed by atoms with van der Waals surface area (Å²) in [5, 5.41) is 11.1. The molecule has 104 valence electrons. The Kier molecular flexibility index (Phi) is 5.11. The number of nitrogens with zero attached hydrogens (tertiary/aromatic N) is 1. The van der Waals surface area contributed by atoms with E-state index in [1.54, 1.807) is 19.9 Å². The summed E-state index contributed by atoms with van der Waals surface area (Å²) >= 11 is 0. The minimum Gasteiger partial charge on any atom is -0.480 e. The van der Waals surface area contributed by atoms with Gasteiger partial charge in [0.25, 0.3) is 5.91 Å². The van der Waals surface area contributed by atoms with Gasteiger partial charge < -0.3 is 19.7 Å². The highest BCUT2D eigenvalue weighted by Crippen LogP contribution is 2.01. The molecule has 2 amide bonds. The first-order valence-corrected chi connectivity index (χ1v) is 5.74. The third kappa shape index (κ3) is 4.46. The zero-order valence-corrected chi connectivity index (χ0v) is 10.8. The molecule has 0 fully saturated rings. The number of furan rings is 1. The lowest BCUT2D eigenvalue weighted by Gasteiger charge is -2.24. The van der Waals surface area contributed by atoms with E-state index in [-0.39, 0.29) is 18.3 Å². The molecule has 0 aromatic carbocycles. The maximum Gasteiger partial charge on any atom is 0.323 e. The van der Waals surface area contributed by atoms with Crippen LogP contribution >= 0.6 is 0 Å². The van der Waals surface area contributed by atoms with Crippen molar-refractivity contribution < 1.29 is 23.9 Å². The Balaban J connectivity index is 2.53. The molecule has 1 heterocycles. The van der Waals surface area contributed by atoms with Crippen molar-refractivity contribution in [1.29, 1.82) is 0 Å². The van der Waals surface area contributed by atoms with Gasteiger partial charge in [0.2, 0.25) is 5.91 Å². The van der Waals surface area contributed by atoms with Gasteiger partial charge in [-0.2, -0.15) is 0 Å². The Morgan fingerprint density at radius 1 is 1.42 bits per heavy atom. The fraction of sp³-hybridized carbons (Fsp3) is 0.417. The van der Waals surface area contributed by atoms with Crippen LogP contribution in [0.1, 0.15) is 24.4 Å². The van der Waals surface area contributed by atoms with Crippen LogP contribution in [0.2, 0.25) is 0 Å². The van der Waals surface area contributed by atoms with Crippen molar-refractivity contribution in [2.45, 2.75) is 19.9 Å². The first-order valence-electron chi connectivity index (χ1n) is 5.74. The van der Waals surface area contributed by atoms with Crippen LogP contribution in [0.25, 0.3) is 0 Å². The van der Waals surface area contributed by atoms with E-state index in [9.17, 15) is 14.4 Å². The maximum absolute atomic E-state index is 11.8. The highest BCUT2D eigenvalue weighted by atomic mass is 16.4. The summed E-state index contributed by atoms with van der Waals surface area (Å²) in [6.07, 6.45) is 1.35. The number of carbonyl (C=O) groups excluding carboxylic acids is 2. The summed E-state index contributed by atoms with van der Waals surface area (Å²) in [5.41, 5.74) is 0. The van der Waals surface area contributed by atoms with Gasteiger partial charge in [-0.25, -0.2) is 0 Å². The second kappa shape index (κ2) is 6.58. The van der Waals surface area contributed by atoms with Crippen molar-refractivity contribution in [2.75, 3.05) is 13.1 Å². The normalized spacial score (nSPS) is 10.3. The molecule has 7 heteroatoms. The zero-order chi connectivity index (χ0) is 14.4. The molecule has 1 rings (SSSR count). The molecule has 0 atom stereocenters. The summed E-state index contributed by atoms with van der Waals surface area (Å²) in [6.45, 7) is 2.74. The molecule has 0 aliphatic rings. The van der Waals surface area contributed by atoms with Crippen molar-refractivity contribution in [3.05, 3.63) is 24.2 Å². The molecular weight excluding hydrogens is 252 g/mol. The number of carboxylic acid groups (broad SMARTS) is 1. The topological polar surface area (TPSA) is 99.9 Å². The van der Waals surface area contributed by atoms with Gasteiger partial charge in [0.05, 0.1) is 12.8 Å². The van der Waals surface area contributed by atoms with Crippen molar-refractivity contribution in [1.82, 2.24) is 10.2 Å². The summed E-state index contributed by atoms with van der Waals surface area (Å²) in [4.78, 5) is 35.2. The van der Waals surface area contributed by atoms with Crippen LogP contribution in [-0.2, 0) is 9.59 Å². The molecule has 1 aromatic rings. The van der Waals surface area contributed by atoms with Crippen molar-refractivity contribution in [3.8, 4) is 0 Å². The van der Waals surface area contributed by atoms with Gasteiger partial charge in [-0.1, -0.05) is 0 Å². The van der Waals surface area contributed by atoms with Crippen molar-refractivity contribution in [2.24, 2.45) is 0 Å². The standard InChI is InChI=1S/C12H16N2O5/c1-8(2)14(7-11(16)17)10(15)6-13-12(18)9-4-3-5-19-9/h3-5,8H,6-7H2,1-2H3,(H,13,18)(H,16,17). The van der Waals surface area contributed by atoms with E-state index >= 15 is 0 Å². The van der Waals surface area contributed by atoms with E-state index < -0.39 is 24.3 Å².